The van der Waals surface area contributed by atoms with Crippen LogP contribution in [0.25, 0.3) is 0 Å². The molecular formula is C17H19ClN2O2. The first kappa shape index (κ1) is 16.2. The number of nitrogen functional groups attached to an aromatic ring is 1. The molecule has 1 amide bonds. The quantitative estimate of drug-likeness (QED) is 0.827. The molecule has 0 atom stereocenters. The Morgan fingerprint density at radius 2 is 1.86 bits per heavy atom. The van der Waals surface area contributed by atoms with Crippen molar-refractivity contribution in [2.45, 2.75) is 26.9 Å². The van der Waals surface area contributed by atoms with Crippen LogP contribution in [0.5, 0.6) is 5.75 Å². The van der Waals surface area contributed by atoms with Gasteiger partial charge in [0.1, 0.15) is 5.75 Å². The van der Waals surface area contributed by atoms with Gasteiger partial charge in [-0.15, -0.1) is 0 Å². The number of aryl methyl sites for hydroxylation is 1. The van der Waals surface area contributed by atoms with E-state index in [0.29, 0.717) is 22.0 Å². The average molecular weight is 319 g/mol. The molecule has 5 heteroatoms. The van der Waals surface area contributed by atoms with Gasteiger partial charge in [-0.3, -0.25) is 4.79 Å². The highest BCUT2D eigenvalue weighted by atomic mass is 35.5. The van der Waals surface area contributed by atoms with E-state index in [4.69, 9.17) is 22.1 Å². The van der Waals surface area contributed by atoms with Gasteiger partial charge in [0, 0.05) is 11.3 Å². The Balaban J connectivity index is 2.16. The normalized spacial score (nSPS) is 10.6. The van der Waals surface area contributed by atoms with Crippen molar-refractivity contribution in [2.75, 3.05) is 11.1 Å². The van der Waals surface area contributed by atoms with Crippen LogP contribution in [0, 0.1) is 6.92 Å². The first-order valence-corrected chi connectivity index (χ1v) is 7.38. The summed E-state index contributed by atoms with van der Waals surface area (Å²) in [4.78, 5) is 12.3. The molecule has 0 saturated carbocycles. The van der Waals surface area contributed by atoms with Gasteiger partial charge in [-0.25, -0.2) is 0 Å². The highest BCUT2D eigenvalue weighted by Crippen LogP contribution is 2.29. The Kier molecular flexibility index (Phi) is 4.93. The van der Waals surface area contributed by atoms with E-state index < -0.39 is 0 Å². The van der Waals surface area contributed by atoms with E-state index in [1.54, 1.807) is 36.4 Å². The molecule has 3 N–H and O–H groups in total. The van der Waals surface area contributed by atoms with Crippen molar-refractivity contribution >= 4 is 28.9 Å². The van der Waals surface area contributed by atoms with Crippen LogP contribution in [0.2, 0.25) is 5.02 Å². The van der Waals surface area contributed by atoms with Crippen LogP contribution in [-0.2, 0) is 0 Å². The summed E-state index contributed by atoms with van der Waals surface area (Å²) in [6.45, 7) is 5.75. The fraction of sp³-hybridized carbons (Fsp3) is 0.235. The maximum Gasteiger partial charge on any atom is 0.255 e. The van der Waals surface area contributed by atoms with E-state index in [2.05, 4.69) is 5.32 Å². The number of carbonyl (C=O) groups excluding carboxylic acids is 1. The summed E-state index contributed by atoms with van der Waals surface area (Å²) >= 11 is 6.13. The predicted octanol–water partition coefficient (Wildman–Crippen LogP) is 4.27. The number of hydrogen-bond donors (Lipinski definition) is 2. The van der Waals surface area contributed by atoms with Gasteiger partial charge in [-0.1, -0.05) is 11.6 Å². The maximum atomic E-state index is 12.3. The van der Waals surface area contributed by atoms with Crippen LogP contribution in [0.4, 0.5) is 11.4 Å². The summed E-state index contributed by atoms with van der Waals surface area (Å²) in [5.41, 5.74) is 8.20. The molecule has 0 aliphatic carbocycles. The number of rotatable bonds is 4. The van der Waals surface area contributed by atoms with E-state index in [9.17, 15) is 4.79 Å². The number of carbonyl (C=O) groups is 1. The lowest BCUT2D eigenvalue weighted by atomic mass is 10.1. The zero-order chi connectivity index (χ0) is 16.3. The number of ether oxygens (including phenoxy) is 1. The van der Waals surface area contributed by atoms with Gasteiger partial charge >= 0.3 is 0 Å². The third-order valence-electron chi connectivity index (χ3n) is 3.04. The second-order valence-electron chi connectivity index (χ2n) is 5.34. The van der Waals surface area contributed by atoms with Crippen LogP contribution < -0.4 is 15.8 Å². The number of amides is 1. The number of nitrogens with one attached hydrogen (secondary N) is 1. The predicted molar refractivity (Wildman–Crippen MR) is 90.8 cm³/mol. The molecule has 4 nitrogen and oxygen atoms in total. The molecule has 2 aromatic rings. The molecule has 0 aromatic heterocycles. The van der Waals surface area contributed by atoms with E-state index in [-0.39, 0.29) is 12.0 Å². The fourth-order valence-corrected chi connectivity index (χ4v) is 2.39. The van der Waals surface area contributed by atoms with E-state index in [1.165, 1.54) is 0 Å². The van der Waals surface area contributed by atoms with Crippen molar-refractivity contribution < 1.29 is 9.53 Å². The summed E-state index contributed by atoms with van der Waals surface area (Å²) in [5.74, 6) is 0.499. The van der Waals surface area contributed by atoms with Gasteiger partial charge < -0.3 is 15.8 Å². The van der Waals surface area contributed by atoms with Crippen LogP contribution in [0.15, 0.2) is 36.4 Å². The van der Waals surface area contributed by atoms with Crippen molar-refractivity contribution in [3.05, 3.63) is 52.5 Å². The molecule has 0 unspecified atom stereocenters. The van der Waals surface area contributed by atoms with Crippen molar-refractivity contribution in [3.8, 4) is 5.75 Å². The molecule has 0 saturated heterocycles. The summed E-state index contributed by atoms with van der Waals surface area (Å²) < 4.78 is 5.55. The molecule has 2 aromatic carbocycles. The second-order valence-corrected chi connectivity index (χ2v) is 5.75. The van der Waals surface area contributed by atoms with Gasteiger partial charge in [0.25, 0.3) is 5.91 Å². The Labute approximate surface area is 135 Å². The summed E-state index contributed by atoms with van der Waals surface area (Å²) in [5, 5.41) is 3.24. The highest BCUT2D eigenvalue weighted by Gasteiger charge is 2.11. The lowest BCUT2D eigenvalue weighted by molar-refractivity contribution is 0.102. The van der Waals surface area contributed by atoms with Crippen LogP contribution in [0.3, 0.4) is 0 Å². The minimum Gasteiger partial charge on any atom is -0.491 e. The van der Waals surface area contributed by atoms with Crippen molar-refractivity contribution in [1.82, 2.24) is 0 Å². The van der Waals surface area contributed by atoms with Gasteiger partial charge in [0.15, 0.2) is 0 Å². The van der Waals surface area contributed by atoms with E-state index in [1.807, 2.05) is 20.8 Å². The van der Waals surface area contributed by atoms with E-state index >= 15 is 0 Å². The molecule has 0 heterocycles. The summed E-state index contributed by atoms with van der Waals surface area (Å²) in [7, 11) is 0. The molecule has 0 spiro atoms. The monoisotopic (exact) mass is 318 g/mol. The zero-order valence-corrected chi connectivity index (χ0v) is 13.6. The molecule has 0 radical (unpaired) electrons. The molecule has 116 valence electrons. The average Bonchev–Trinajstić information content (AvgIpc) is 2.42. The molecular weight excluding hydrogens is 300 g/mol. The highest BCUT2D eigenvalue weighted by molar-refractivity contribution is 6.34. The van der Waals surface area contributed by atoms with Gasteiger partial charge in [0.2, 0.25) is 0 Å². The minimum absolute atomic E-state index is 0.0934. The Morgan fingerprint density at radius 3 is 2.41 bits per heavy atom. The first-order valence-electron chi connectivity index (χ1n) is 7.00. The number of halogens is 1. The van der Waals surface area contributed by atoms with Crippen LogP contribution in [-0.4, -0.2) is 12.0 Å². The standard InChI is InChI=1S/C17H19ClN2O2/c1-10(2)22-14-6-4-12(5-7-14)17(21)20-16-11(3)8-13(19)9-15(16)18/h4-10H,19H2,1-3H3,(H,20,21). The molecule has 22 heavy (non-hydrogen) atoms. The Morgan fingerprint density at radius 1 is 1.23 bits per heavy atom. The topological polar surface area (TPSA) is 64.3 Å². The summed E-state index contributed by atoms with van der Waals surface area (Å²) in [6, 6.07) is 10.4. The molecule has 0 bridgehead atoms. The van der Waals surface area contributed by atoms with Gasteiger partial charge in [-0.05, 0) is 62.7 Å². The molecule has 0 aliphatic heterocycles. The third-order valence-corrected chi connectivity index (χ3v) is 3.33. The zero-order valence-electron chi connectivity index (χ0n) is 12.8. The lowest BCUT2D eigenvalue weighted by Gasteiger charge is -2.12. The largest absolute Gasteiger partial charge is 0.491 e. The number of anilines is 2. The summed E-state index contributed by atoms with van der Waals surface area (Å²) in [6.07, 6.45) is 0.0934. The third kappa shape index (κ3) is 3.92. The van der Waals surface area contributed by atoms with Crippen molar-refractivity contribution in [2.24, 2.45) is 0 Å². The second kappa shape index (κ2) is 6.71. The Hall–Kier alpha value is -2.20. The lowest BCUT2D eigenvalue weighted by Crippen LogP contribution is -2.13. The number of nitrogens with two attached hydrogens (primary N) is 1. The smallest absolute Gasteiger partial charge is 0.255 e. The molecule has 2 rings (SSSR count). The number of hydrogen-bond acceptors (Lipinski definition) is 3. The van der Waals surface area contributed by atoms with E-state index in [0.717, 1.165) is 11.3 Å². The SMILES string of the molecule is Cc1cc(N)cc(Cl)c1NC(=O)c1ccc(OC(C)C)cc1. The first-order chi connectivity index (χ1) is 10.4. The molecule has 0 fully saturated rings. The van der Waals surface area contributed by atoms with Crippen molar-refractivity contribution in [3.63, 3.8) is 0 Å². The van der Waals surface area contributed by atoms with Gasteiger partial charge in [0.05, 0.1) is 16.8 Å². The number of benzene rings is 2. The maximum absolute atomic E-state index is 12.3. The van der Waals surface area contributed by atoms with Gasteiger partial charge in [-0.2, -0.15) is 0 Å². The minimum atomic E-state index is -0.231. The Bertz CT molecular complexity index is 659. The van der Waals surface area contributed by atoms with Crippen LogP contribution in [0.1, 0.15) is 29.8 Å². The molecule has 0 aliphatic rings. The fourth-order valence-electron chi connectivity index (χ4n) is 2.07. The van der Waals surface area contributed by atoms with Crippen LogP contribution >= 0.6 is 11.6 Å². The van der Waals surface area contributed by atoms with Crippen molar-refractivity contribution in [1.29, 1.82) is 0 Å².